The van der Waals surface area contributed by atoms with Crippen molar-refractivity contribution in [1.82, 2.24) is 10.3 Å². The number of amides is 1. The molecule has 0 bridgehead atoms. The molecule has 0 spiro atoms. The highest BCUT2D eigenvalue weighted by Crippen LogP contribution is 2.26. The van der Waals surface area contributed by atoms with E-state index in [1.54, 1.807) is 4.98 Å². The number of carbonyl (C=O) groups excluding carboxylic acids is 1. The summed E-state index contributed by atoms with van der Waals surface area (Å²) in [6.45, 7) is 0. The van der Waals surface area contributed by atoms with Crippen molar-refractivity contribution < 1.29 is 18.0 Å². The lowest BCUT2D eigenvalue weighted by molar-refractivity contribution is -0.141. The second kappa shape index (κ2) is 4.42. The van der Waals surface area contributed by atoms with Gasteiger partial charge < -0.3 is 10.3 Å². The van der Waals surface area contributed by atoms with Crippen molar-refractivity contribution >= 4 is 13.8 Å². The summed E-state index contributed by atoms with van der Waals surface area (Å²) in [5.74, 6) is -0.822. The first kappa shape index (κ1) is 12.3. The Kier molecular flexibility index (Phi) is 3.41. The molecule has 1 rings (SSSR count). The van der Waals surface area contributed by atoms with Crippen LogP contribution in [0.5, 0.6) is 0 Å². The molecule has 1 heterocycles. The minimum Gasteiger partial charge on any atom is -0.361 e. The number of halogens is 3. The van der Waals surface area contributed by atoms with E-state index in [0.29, 0.717) is 6.07 Å². The lowest BCUT2D eigenvalue weighted by Gasteiger charge is -2.07. The molecule has 2 N–H and O–H groups in total. The Balaban J connectivity index is 3.11. The van der Waals surface area contributed by atoms with Gasteiger partial charge in [0.15, 0.2) is 0 Å². The number of rotatable bonds is 2. The minimum atomic E-state index is -4.65. The van der Waals surface area contributed by atoms with Crippen molar-refractivity contribution in [3.05, 3.63) is 33.7 Å². The SMILES string of the molecule is [B]CNC(=O)c1ccc(C(F)(F)F)[nH]c1=O. The Morgan fingerprint density at radius 2 is 2.06 bits per heavy atom. The molecule has 16 heavy (non-hydrogen) atoms. The van der Waals surface area contributed by atoms with Crippen molar-refractivity contribution in [2.75, 3.05) is 6.44 Å². The third kappa shape index (κ3) is 2.65. The van der Waals surface area contributed by atoms with E-state index in [1.807, 2.05) is 0 Å². The molecule has 2 radical (unpaired) electrons. The molecule has 0 saturated heterocycles. The number of aromatic amines is 1. The summed E-state index contributed by atoms with van der Waals surface area (Å²) in [7, 11) is 4.99. The molecule has 1 aromatic rings. The zero-order chi connectivity index (χ0) is 12.3. The van der Waals surface area contributed by atoms with Crippen LogP contribution < -0.4 is 10.9 Å². The maximum atomic E-state index is 12.2. The summed E-state index contributed by atoms with van der Waals surface area (Å²) < 4.78 is 36.5. The van der Waals surface area contributed by atoms with Gasteiger partial charge in [0.25, 0.3) is 11.5 Å². The van der Waals surface area contributed by atoms with Crippen LogP contribution in [0.2, 0.25) is 0 Å². The van der Waals surface area contributed by atoms with Crippen LogP contribution in [0.15, 0.2) is 16.9 Å². The van der Waals surface area contributed by atoms with Crippen molar-refractivity contribution in [1.29, 1.82) is 0 Å². The molecule has 0 saturated carbocycles. The van der Waals surface area contributed by atoms with E-state index >= 15 is 0 Å². The maximum Gasteiger partial charge on any atom is 0.431 e. The number of hydrogen-bond donors (Lipinski definition) is 2. The van der Waals surface area contributed by atoms with E-state index in [9.17, 15) is 22.8 Å². The predicted molar refractivity (Wildman–Crippen MR) is 50.2 cm³/mol. The Labute approximate surface area is 89.3 Å². The van der Waals surface area contributed by atoms with Crippen molar-refractivity contribution in [3.8, 4) is 0 Å². The molecule has 1 aromatic heterocycles. The van der Waals surface area contributed by atoms with Crippen molar-refractivity contribution in [2.24, 2.45) is 0 Å². The van der Waals surface area contributed by atoms with Gasteiger partial charge in [-0.1, -0.05) is 0 Å². The van der Waals surface area contributed by atoms with Gasteiger partial charge in [0.1, 0.15) is 11.3 Å². The molecule has 4 nitrogen and oxygen atoms in total. The summed E-state index contributed by atoms with van der Waals surface area (Å²) in [5, 5.41) is 2.10. The van der Waals surface area contributed by atoms with Crippen LogP contribution in [0.3, 0.4) is 0 Å². The number of carbonyl (C=O) groups is 1. The van der Waals surface area contributed by atoms with Crippen LogP contribution in [0.1, 0.15) is 16.1 Å². The van der Waals surface area contributed by atoms with Gasteiger partial charge in [-0.3, -0.25) is 9.59 Å². The lowest BCUT2D eigenvalue weighted by Crippen LogP contribution is -2.31. The topological polar surface area (TPSA) is 62.0 Å². The molecular formula is C8H6BF3N2O2. The Bertz CT molecular complexity index is 455. The van der Waals surface area contributed by atoms with E-state index in [-0.39, 0.29) is 6.44 Å². The molecule has 1 amide bonds. The lowest BCUT2D eigenvalue weighted by atomic mass is 10.1. The normalized spacial score (nSPS) is 11.2. The number of nitrogens with one attached hydrogen (secondary N) is 2. The highest BCUT2D eigenvalue weighted by molar-refractivity contribution is 6.11. The Morgan fingerprint density at radius 1 is 1.44 bits per heavy atom. The highest BCUT2D eigenvalue weighted by atomic mass is 19.4. The second-order valence-corrected chi connectivity index (χ2v) is 2.82. The Hall–Kier alpha value is -1.73. The number of pyridine rings is 1. The highest BCUT2D eigenvalue weighted by Gasteiger charge is 2.32. The number of H-pyrrole nitrogens is 1. The Morgan fingerprint density at radius 3 is 2.50 bits per heavy atom. The standard InChI is InChI=1S/C8H6BF3N2O2/c9-3-13-6(15)4-1-2-5(8(10,11)12)14-7(4)16/h1-2H,3H2,(H,13,15)(H,14,16). The third-order valence-electron chi connectivity index (χ3n) is 1.72. The largest absolute Gasteiger partial charge is 0.431 e. The molecule has 0 atom stereocenters. The molecule has 0 aromatic carbocycles. The molecule has 0 unspecified atom stereocenters. The molecule has 84 valence electrons. The van der Waals surface area contributed by atoms with Crippen LogP contribution in [0.4, 0.5) is 13.2 Å². The average molecular weight is 230 g/mol. The molecular weight excluding hydrogens is 224 g/mol. The third-order valence-corrected chi connectivity index (χ3v) is 1.72. The van der Waals surface area contributed by atoms with Crippen LogP contribution >= 0.6 is 0 Å². The first-order chi connectivity index (χ1) is 7.36. The van der Waals surface area contributed by atoms with Crippen molar-refractivity contribution in [2.45, 2.75) is 6.18 Å². The quantitative estimate of drug-likeness (QED) is 0.715. The first-order valence-electron chi connectivity index (χ1n) is 4.15. The number of hydrogen-bond acceptors (Lipinski definition) is 2. The fraction of sp³-hybridized carbons (Fsp3) is 0.250. The second-order valence-electron chi connectivity index (χ2n) is 2.82. The van der Waals surface area contributed by atoms with E-state index in [4.69, 9.17) is 7.85 Å². The van der Waals surface area contributed by atoms with Gasteiger partial charge in [-0.15, -0.1) is 0 Å². The van der Waals surface area contributed by atoms with Crippen LogP contribution in [0.25, 0.3) is 0 Å². The van der Waals surface area contributed by atoms with E-state index in [0.717, 1.165) is 6.07 Å². The van der Waals surface area contributed by atoms with Crippen LogP contribution in [-0.2, 0) is 6.18 Å². The van der Waals surface area contributed by atoms with Gasteiger partial charge >= 0.3 is 6.18 Å². The van der Waals surface area contributed by atoms with E-state index < -0.39 is 28.9 Å². The number of aromatic nitrogens is 1. The number of alkyl halides is 3. The van der Waals surface area contributed by atoms with Crippen molar-refractivity contribution in [3.63, 3.8) is 0 Å². The minimum absolute atomic E-state index is 0.209. The maximum absolute atomic E-state index is 12.2. The monoisotopic (exact) mass is 230 g/mol. The fourth-order valence-electron chi connectivity index (χ4n) is 1.01. The van der Waals surface area contributed by atoms with Crippen LogP contribution in [-0.4, -0.2) is 25.2 Å². The molecule has 0 fully saturated rings. The van der Waals surface area contributed by atoms with E-state index in [2.05, 4.69) is 5.32 Å². The first-order valence-corrected chi connectivity index (χ1v) is 4.15. The van der Waals surface area contributed by atoms with Gasteiger partial charge in [-0.25, -0.2) is 0 Å². The molecule has 8 heteroatoms. The summed E-state index contributed by atoms with van der Waals surface area (Å²) in [5.41, 5.74) is -2.74. The summed E-state index contributed by atoms with van der Waals surface area (Å²) in [6, 6.07) is 1.42. The fourth-order valence-corrected chi connectivity index (χ4v) is 1.01. The summed E-state index contributed by atoms with van der Waals surface area (Å²) in [6.07, 6.45) is -4.86. The van der Waals surface area contributed by atoms with Gasteiger partial charge in [-0.2, -0.15) is 13.2 Å². The summed E-state index contributed by atoms with van der Waals surface area (Å²) in [4.78, 5) is 23.9. The summed E-state index contributed by atoms with van der Waals surface area (Å²) >= 11 is 0. The smallest absolute Gasteiger partial charge is 0.361 e. The van der Waals surface area contributed by atoms with Gasteiger partial charge in [0.2, 0.25) is 0 Å². The molecule has 0 aliphatic carbocycles. The predicted octanol–water partition coefficient (Wildman–Crippen LogP) is 0.249. The average Bonchev–Trinajstić information content (AvgIpc) is 2.16. The van der Waals surface area contributed by atoms with Crippen LogP contribution in [0, 0.1) is 0 Å². The van der Waals surface area contributed by atoms with E-state index in [1.165, 1.54) is 0 Å². The molecule has 0 aliphatic rings. The van der Waals surface area contributed by atoms with Gasteiger partial charge in [0, 0.05) is 0 Å². The zero-order valence-electron chi connectivity index (χ0n) is 7.89. The zero-order valence-corrected chi connectivity index (χ0v) is 7.89. The molecule has 0 aliphatic heterocycles. The van der Waals surface area contributed by atoms with Gasteiger partial charge in [0.05, 0.1) is 7.85 Å². The van der Waals surface area contributed by atoms with Gasteiger partial charge in [-0.05, 0) is 18.6 Å².